The lowest BCUT2D eigenvalue weighted by molar-refractivity contribution is 0.623. The Balaban J connectivity index is 2.03. The highest BCUT2D eigenvalue weighted by Crippen LogP contribution is 2.10. The number of nitrogens with zero attached hydrogens (tertiary/aromatic N) is 3. The van der Waals surface area contributed by atoms with E-state index in [1.807, 2.05) is 16.8 Å². The van der Waals surface area contributed by atoms with Crippen molar-refractivity contribution in [3.63, 3.8) is 0 Å². The van der Waals surface area contributed by atoms with Crippen molar-refractivity contribution in [2.24, 2.45) is 0 Å². The number of hydrogen-bond donors (Lipinski definition) is 1. The Kier molecular flexibility index (Phi) is 4.85. The summed E-state index contributed by atoms with van der Waals surface area (Å²) in [4.78, 5) is 4.29. The summed E-state index contributed by atoms with van der Waals surface area (Å²) in [6, 6.07) is 6.33. The quantitative estimate of drug-likeness (QED) is 0.822. The summed E-state index contributed by atoms with van der Waals surface area (Å²) in [7, 11) is 0. The third kappa shape index (κ3) is 3.90. The summed E-state index contributed by atoms with van der Waals surface area (Å²) >= 11 is 0. The smallest absolute Gasteiger partial charge is 0.124 e. The number of aromatic nitrogens is 2. The zero-order valence-electron chi connectivity index (χ0n) is 11.4. The zero-order chi connectivity index (χ0) is 14.4. The predicted molar refractivity (Wildman–Crippen MR) is 74.4 cm³/mol. The molecule has 20 heavy (non-hydrogen) atoms. The Labute approximate surface area is 117 Å². The van der Waals surface area contributed by atoms with Crippen LogP contribution in [0.1, 0.15) is 30.2 Å². The van der Waals surface area contributed by atoms with E-state index < -0.39 is 0 Å². The van der Waals surface area contributed by atoms with E-state index in [1.165, 1.54) is 12.1 Å². The van der Waals surface area contributed by atoms with E-state index in [-0.39, 0.29) is 5.82 Å². The van der Waals surface area contributed by atoms with Crippen LogP contribution in [-0.4, -0.2) is 16.1 Å². The highest BCUT2D eigenvalue weighted by Gasteiger charge is 2.03. The molecule has 4 nitrogen and oxygen atoms in total. The van der Waals surface area contributed by atoms with Crippen molar-refractivity contribution >= 4 is 0 Å². The average Bonchev–Trinajstić information content (AvgIpc) is 2.86. The van der Waals surface area contributed by atoms with Crippen LogP contribution in [0.2, 0.25) is 0 Å². The van der Waals surface area contributed by atoms with Crippen molar-refractivity contribution < 1.29 is 4.39 Å². The largest absolute Gasteiger partial charge is 0.333 e. The monoisotopic (exact) mass is 272 g/mol. The van der Waals surface area contributed by atoms with E-state index in [4.69, 9.17) is 5.26 Å². The summed E-state index contributed by atoms with van der Waals surface area (Å²) in [6.07, 6.45) is 4.74. The second kappa shape index (κ2) is 6.83. The van der Waals surface area contributed by atoms with Gasteiger partial charge in [0.2, 0.25) is 0 Å². The Bertz CT molecular complexity index is 613. The van der Waals surface area contributed by atoms with Crippen LogP contribution in [0.15, 0.2) is 30.7 Å². The molecule has 2 rings (SSSR count). The Morgan fingerprint density at radius 3 is 3.00 bits per heavy atom. The molecule has 0 saturated heterocycles. The highest BCUT2D eigenvalue weighted by atomic mass is 19.1. The molecule has 1 N–H and O–H groups in total. The lowest BCUT2D eigenvalue weighted by Crippen LogP contribution is -2.13. The topological polar surface area (TPSA) is 53.6 Å². The zero-order valence-corrected chi connectivity index (χ0v) is 11.4. The number of hydrogen-bond acceptors (Lipinski definition) is 3. The van der Waals surface area contributed by atoms with Gasteiger partial charge in [-0.15, -0.1) is 0 Å². The van der Waals surface area contributed by atoms with Gasteiger partial charge in [0.05, 0.1) is 23.7 Å². The molecular weight excluding hydrogens is 255 g/mol. The van der Waals surface area contributed by atoms with Gasteiger partial charge in [-0.05, 0) is 36.7 Å². The molecule has 0 amide bonds. The summed E-state index contributed by atoms with van der Waals surface area (Å²) in [5, 5.41) is 12.1. The molecule has 0 saturated carbocycles. The van der Waals surface area contributed by atoms with Crippen molar-refractivity contribution in [3.05, 3.63) is 53.4 Å². The van der Waals surface area contributed by atoms with E-state index >= 15 is 0 Å². The SMILES string of the molecule is CCCNCc1cn(Cc2cc(F)cc(C#N)c2)cn1. The Morgan fingerprint density at radius 1 is 1.40 bits per heavy atom. The first-order valence-corrected chi connectivity index (χ1v) is 6.62. The molecule has 2 aromatic rings. The van der Waals surface area contributed by atoms with Crippen molar-refractivity contribution in [3.8, 4) is 6.07 Å². The minimum Gasteiger partial charge on any atom is -0.333 e. The van der Waals surface area contributed by atoms with Crippen LogP contribution in [0.4, 0.5) is 4.39 Å². The third-order valence-corrected chi connectivity index (χ3v) is 2.87. The molecule has 0 bridgehead atoms. The first-order chi connectivity index (χ1) is 9.71. The Hall–Kier alpha value is -2.19. The lowest BCUT2D eigenvalue weighted by Gasteiger charge is -2.03. The van der Waals surface area contributed by atoms with Crippen molar-refractivity contribution in [1.82, 2.24) is 14.9 Å². The third-order valence-electron chi connectivity index (χ3n) is 2.87. The number of imidazole rings is 1. The first-order valence-electron chi connectivity index (χ1n) is 6.62. The van der Waals surface area contributed by atoms with Gasteiger partial charge in [0, 0.05) is 19.3 Å². The number of benzene rings is 1. The van der Waals surface area contributed by atoms with Crippen molar-refractivity contribution in [2.75, 3.05) is 6.54 Å². The average molecular weight is 272 g/mol. The van der Waals surface area contributed by atoms with Gasteiger partial charge in [0.25, 0.3) is 0 Å². The molecule has 104 valence electrons. The van der Waals surface area contributed by atoms with Gasteiger partial charge in [0.15, 0.2) is 0 Å². The van der Waals surface area contributed by atoms with Gasteiger partial charge in [-0.25, -0.2) is 9.37 Å². The van der Waals surface area contributed by atoms with Crippen LogP contribution in [-0.2, 0) is 13.1 Å². The van der Waals surface area contributed by atoms with Gasteiger partial charge in [-0.1, -0.05) is 6.92 Å². The van der Waals surface area contributed by atoms with E-state index in [9.17, 15) is 4.39 Å². The van der Waals surface area contributed by atoms with Gasteiger partial charge >= 0.3 is 0 Å². The van der Waals surface area contributed by atoms with Gasteiger partial charge in [0.1, 0.15) is 5.82 Å². The summed E-state index contributed by atoms with van der Waals surface area (Å²) in [5.41, 5.74) is 2.05. The maximum atomic E-state index is 13.3. The minimum absolute atomic E-state index is 0.338. The van der Waals surface area contributed by atoms with Gasteiger partial charge in [-0.2, -0.15) is 5.26 Å². The normalized spacial score (nSPS) is 10.4. The number of rotatable bonds is 6. The molecule has 0 aliphatic carbocycles. The van der Waals surface area contributed by atoms with Crippen LogP contribution in [0, 0.1) is 17.1 Å². The molecule has 0 aliphatic heterocycles. The molecule has 0 atom stereocenters. The van der Waals surface area contributed by atoms with Crippen LogP contribution in [0.25, 0.3) is 0 Å². The van der Waals surface area contributed by atoms with E-state index in [0.29, 0.717) is 12.1 Å². The lowest BCUT2D eigenvalue weighted by atomic mass is 10.1. The fourth-order valence-electron chi connectivity index (χ4n) is 1.99. The minimum atomic E-state index is -0.385. The van der Waals surface area contributed by atoms with Gasteiger partial charge in [-0.3, -0.25) is 0 Å². The summed E-state index contributed by atoms with van der Waals surface area (Å²) in [5.74, 6) is -0.385. The standard InChI is InChI=1S/C15H17FN4/c1-2-3-18-8-15-10-20(11-19-15)9-13-4-12(7-17)5-14(16)6-13/h4-6,10-11,18H,2-3,8-9H2,1H3. The van der Waals surface area contributed by atoms with E-state index in [0.717, 1.165) is 30.8 Å². The van der Waals surface area contributed by atoms with Crippen molar-refractivity contribution in [1.29, 1.82) is 5.26 Å². The maximum absolute atomic E-state index is 13.3. The summed E-state index contributed by atoms with van der Waals surface area (Å²) in [6.45, 7) is 4.31. The molecule has 0 unspecified atom stereocenters. The predicted octanol–water partition coefficient (Wildman–Crippen LogP) is 2.44. The molecule has 0 fully saturated rings. The van der Waals surface area contributed by atoms with Crippen LogP contribution < -0.4 is 5.32 Å². The second-order valence-corrected chi connectivity index (χ2v) is 4.67. The number of nitrogens with one attached hydrogen (secondary N) is 1. The molecule has 0 radical (unpaired) electrons. The van der Waals surface area contributed by atoms with Crippen molar-refractivity contribution in [2.45, 2.75) is 26.4 Å². The number of nitriles is 1. The highest BCUT2D eigenvalue weighted by molar-refractivity contribution is 5.33. The van der Waals surface area contributed by atoms with Crippen LogP contribution in [0.5, 0.6) is 0 Å². The maximum Gasteiger partial charge on any atom is 0.124 e. The molecule has 1 aromatic heterocycles. The van der Waals surface area contributed by atoms with E-state index in [1.54, 1.807) is 12.4 Å². The second-order valence-electron chi connectivity index (χ2n) is 4.67. The van der Waals surface area contributed by atoms with Gasteiger partial charge < -0.3 is 9.88 Å². The van der Waals surface area contributed by atoms with Crippen LogP contribution >= 0.6 is 0 Å². The molecule has 0 aliphatic rings. The molecular formula is C15H17FN4. The first kappa shape index (κ1) is 14.2. The van der Waals surface area contributed by atoms with E-state index in [2.05, 4.69) is 17.2 Å². The molecule has 0 spiro atoms. The Morgan fingerprint density at radius 2 is 2.25 bits per heavy atom. The molecule has 1 aromatic carbocycles. The van der Waals surface area contributed by atoms with Crippen LogP contribution in [0.3, 0.4) is 0 Å². The number of halogens is 1. The molecule has 1 heterocycles. The fraction of sp³-hybridized carbons (Fsp3) is 0.333. The molecule has 5 heteroatoms. The summed E-state index contributed by atoms with van der Waals surface area (Å²) < 4.78 is 15.2. The fourth-order valence-corrected chi connectivity index (χ4v) is 1.99.